The maximum Gasteiger partial charge on any atom is 0.313 e. The van der Waals surface area contributed by atoms with Crippen LogP contribution in [0.15, 0.2) is 64.8 Å². The molecule has 2 unspecified atom stereocenters. The topological polar surface area (TPSA) is 91.5 Å². The summed E-state index contributed by atoms with van der Waals surface area (Å²) in [6.45, 7) is 1.47. The van der Waals surface area contributed by atoms with Crippen LogP contribution >= 0.6 is 0 Å². The Morgan fingerprint density at radius 3 is 2.46 bits per heavy atom. The number of hydrogen-bond acceptors (Lipinski definition) is 6. The number of azo groups is 1. The lowest BCUT2D eigenvalue weighted by atomic mass is 9.97. The molecule has 2 atom stereocenters. The van der Waals surface area contributed by atoms with Crippen molar-refractivity contribution in [1.82, 2.24) is 0 Å². The lowest BCUT2D eigenvalue weighted by Gasteiger charge is -2.19. The standard InChI is InChI=1S/C20H24N2O4/c1-2-26-20(25)18(14-23)19(24)12-11-15-7-6-10-17(13-15)22-21-16-8-4-3-5-9-16/h3-10,13,18-19,23-24H,2,11-12,14H2,1H3. The Bertz CT molecular complexity index is 719. The molecule has 0 saturated carbocycles. The molecule has 26 heavy (non-hydrogen) atoms. The van der Waals surface area contributed by atoms with Crippen molar-refractivity contribution in [2.45, 2.75) is 25.9 Å². The molecule has 6 heteroatoms. The lowest BCUT2D eigenvalue weighted by molar-refractivity contribution is -0.154. The van der Waals surface area contributed by atoms with Crippen LogP contribution in [-0.4, -0.2) is 35.5 Å². The minimum atomic E-state index is -0.964. The fourth-order valence-corrected chi connectivity index (χ4v) is 2.50. The second kappa shape index (κ2) is 10.4. The van der Waals surface area contributed by atoms with Crippen LogP contribution in [0, 0.1) is 5.92 Å². The summed E-state index contributed by atoms with van der Waals surface area (Å²) in [7, 11) is 0. The summed E-state index contributed by atoms with van der Waals surface area (Å²) in [6.07, 6.45) is -0.0802. The van der Waals surface area contributed by atoms with Crippen molar-refractivity contribution in [3.63, 3.8) is 0 Å². The molecular weight excluding hydrogens is 332 g/mol. The minimum absolute atomic E-state index is 0.219. The Labute approximate surface area is 153 Å². The van der Waals surface area contributed by atoms with Gasteiger partial charge in [0.25, 0.3) is 0 Å². The first-order valence-corrected chi connectivity index (χ1v) is 8.65. The van der Waals surface area contributed by atoms with Gasteiger partial charge in [0, 0.05) is 0 Å². The van der Waals surface area contributed by atoms with Crippen LogP contribution in [0.2, 0.25) is 0 Å². The molecule has 0 spiro atoms. The van der Waals surface area contributed by atoms with E-state index < -0.39 is 24.6 Å². The SMILES string of the molecule is CCOC(=O)C(CO)C(O)CCc1cccc(N=Nc2ccccc2)c1. The van der Waals surface area contributed by atoms with Crippen LogP contribution < -0.4 is 0 Å². The normalized spacial score (nSPS) is 13.5. The summed E-state index contributed by atoms with van der Waals surface area (Å²) in [4.78, 5) is 11.7. The highest BCUT2D eigenvalue weighted by atomic mass is 16.5. The van der Waals surface area contributed by atoms with E-state index in [1.807, 2.05) is 54.6 Å². The summed E-state index contributed by atoms with van der Waals surface area (Å²) in [5, 5.41) is 27.9. The van der Waals surface area contributed by atoms with E-state index in [4.69, 9.17) is 4.74 Å². The molecule has 138 valence electrons. The number of rotatable bonds is 9. The van der Waals surface area contributed by atoms with Gasteiger partial charge < -0.3 is 14.9 Å². The fourth-order valence-electron chi connectivity index (χ4n) is 2.50. The largest absolute Gasteiger partial charge is 0.466 e. The predicted molar refractivity (Wildman–Crippen MR) is 98.6 cm³/mol. The smallest absolute Gasteiger partial charge is 0.313 e. The van der Waals surface area contributed by atoms with Crippen LogP contribution in [0.3, 0.4) is 0 Å². The summed E-state index contributed by atoms with van der Waals surface area (Å²) in [5.74, 6) is -1.50. The van der Waals surface area contributed by atoms with Crippen molar-refractivity contribution in [2.75, 3.05) is 13.2 Å². The first kappa shape index (κ1) is 19.8. The van der Waals surface area contributed by atoms with E-state index in [-0.39, 0.29) is 6.61 Å². The zero-order valence-electron chi connectivity index (χ0n) is 14.8. The van der Waals surface area contributed by atoms with Gasteiger partial charge in [-0.3, -0.25) is 4.79 Å². The number of hydrogen-bond donors (Lipinski definition) is 2. The molecule has 2 rings (SSSR count). The summed E-state index contributed by atoms with van der Waals surface area (Å²) in [5.41, 5.74) is 2.45. The van der Waals surface area contributed by atoms with Crippen molar-refractivity contribution in [2.24, 2.45) is 16.1 Å². The van der Waals surface area contributed by atoms with Crippen molar-refractivity contribution < 1.29 is 19.7 Å². The second-order valence-electron chi connectivity index (χ2n) is 5.85. The Morgan fingerprint density at radius 1 is 1.08 bits per heavy atom. The molecule has 6 nitrogen and oxygen atoms in total. The number of ether oxygens (including phenoxy) is 1. The van der Waals surface area contributed by atoms with Crippen molar-refractivity contribution >= 4 is 17.3 Å². The van der Waals surface area contributed by atoms with E-state index in [9.17, 15) is 15.0 Å². The van der Waals surface area contributed by atoms with Crippen molar-refractivity contribution in [3.8, 4) is 0 Å². The van der Waals surface area contributed by atoms with E-state index in [1.54, 1.807) is 6.92 Å². The van der Waals surface area contributed by atoms with Crippen molar-refractivity contribution in [1.29, 1.82) is 0 Å². The molecule has 0 aliphatic rings. The van der Waals surface area contributed by atoms with Crippen LogP contribution in [0.4, 0.5) is 11.4 Å². The Kier molecular flexibility index (Phi) is 7.92. The van der Waals surface area contributed by atoms with Gasteiger partial charge in [0.1, 0.15) is 5.92 Å². The zero-order valence-corrected chi connectivity index (χ0v) is 14.8. The number of aliphatic hydroxyl groups is 2. The maximum atomic E-state index is 11.7. The van der Waals surface area contributed by atoms with Gasteiger partial charge in [0.2, 0.25) is 0 Å². The number of carbonyl (C=O) groups is 1. The average molecular weight is 356 g/mol. The van der Waals surface area contributed by atoms with Crippen molar-refractivity contribution in [3.05, 3.63) is 60.2 Å². The molecule has 0 heterocycles. The third-order valence-corrected chi connectivity index (χ3v) is 3.93. The number of aryl methyl sites for hydroxylation is 1. The van der Waals surface area contributed by atoms with Gasteiger partial charge in [0.15, 0.2) is 0 Å². The van der Waals surface area contributed by atoms with Crippen LogP contribution in [-0.2, 0) is 16.0 Å². The molecule has 2 aromatic rings. The molecular formula is C20H24N2O4. The molecule has 0 aliphatic carbocycles. The van der Waals surface area contributed by atoms with Gasteiger partial charge >= 0.3 is 5.97 Å². The van der Waals surface area contributed by atoms with Crippen LogP contribution in [0.25, 0.3) is 0 Å². The maximum absolute atomic E-state index is 11.7. The number of esters is 1. The summed E-state index contributed by atoms with van der Waals surface area (Å²) >= 11 is 0. The molecule has 0 fully saturated rings. The van der Waals surface area contributed by atoms with Gasteiger partial charge in [0.05, 0.1) is 30.7 Å². The molecule has 2 N–H and O–H groups in total. The highest BCUT2D eigenvalue weighted by Crippen LogP contribution is 2.21. The summed E-state index contributed by atoms with van der Waals surface area (Å²) in [6, 6.07) is 17.0. The highest BCUT2D eigenvalue weighted by molar-refractivity contribution is 5.73. The fraction of sp³-hybridized carbons (Fsp3) is 0.350. The van der Waals surface area contributed by atoms with Gasteiger partial charge in [-0.15, -0.1) is 0 Å². The highest BCUT2D eigenvalue weighted by Gasteiger charge is 2.27. The molecule has 0 radical (unpaired) electrons. The Balaban J connectivity index is 1.95. The lowest BCUT2D eigenvalue weighted by Crippen LogP contribution is -2.33. The number of nitrogens with zero attached hydrogens (tertiary/aromatic N) is 2. The molecule has 2 aromatic carbocycles. The van der Waals surface area contributed by atoms with E-state index in [0.717, 1.165) is 11.3 Å². The van der Waals surface area contributed by atoms with E-state index in [1.165, 1.54) is 0 Å². The number of aliphatic hydroxyl groups excluding tert-OH is 2. The third-order valence-electron chi connectivity index (χ3n) is 3.93. The zero-order chi connectivity index (χ0) is 18.8. The number of benzene rings is 2. The molecule has 0 aliphatic heterocycles. The molecule has 0 aromatic heterocycles. The first-order chi connectivity index (χ1) is 12.6. The molecule has 0 amide bonds. The van der Waals surface area contributed by atoms with Gasteiger partial charge in [-0.2, -0.15) is 10.2 Å². The van der Waals surface area contributed by atoms with Gasteiger partial charge in [-0.05, 0) is 49.6 Å². The van der Waals surface area contributed by atoms with Gasteiger partial charge in [-0.25, -0.2) is 0 Å². The van der Waals surface area contributed by atoms with E-state index >= 15 is 0 Å². The minimum Gasteiger partial charge on any atom is -0.466 e. The van der Waals surface area contributed by atoms with Gasteiger partial charge in [-0.1, -0.05) is 30.3 Å². The van der Waals surface area contributed by atoms with Crippen LogP contribution in [0.1, 0.15) is 18.9 Å². The molecule has 0 saturated heterocycles. The molecule has 0 bridgehead atoms. The average Bonchev–Trinajstić information content (AvgIpc) is 2.67. The van der Waals surface area contributed by atoms with E-state index in [0.29, 0.717) is 18.5 Å². The number of carbonyl (C=O) groups excluding carboxylic acids is 1. The van der Waals surface area contributed by atoms with Crippen LogP contribution in [0.5, 0.6) is 0 Å². The van der Waals surface area contributed by atoms with E-state index in [2.05, 4.69) is 10.2 Å². The summed E-state index contributed by atoms with van der Waals surface area (Å²) < 4.78 is 4.87. The first-order valence-electron chi connectivity index (χ1n) is 8.65. The monoisotopic (exact) mass is 356 g/mol. The third kappa shape index (κ3) is 6.06. The quantitative estimate of drug-likeness (QED) is 0.531. The second-order valence-corrected chi connectivity index (χ2v) is 5.85. The Morgan fingerprint density at radius 2 is 1.77 bits per heavy atom. The Hall–Kier alpha value is -2.57. The predicted octanol–water partition coefficient (Wildman–Crippen LogP) is 3.57.